The predicted octanol–water partition coefficient (Wildman–Crippen LogP) is 1.69. The molecule has 3 N–H and O–H groups in total. The Morgan fingerprint density at radius 2 is 1.94 bits per heavy atom. The number of nitrogens with zero attached hydrogens (tertiary/aromatic N) is 1. The Morgan fingerprint density at radius 3 is 2.59 bits per heavy atom. The van der Waals surface area contributed by atoms with Crippen molar-refractivity contribution in [3.05, 3.63) is 35.9 Å². The highest BCUT2D eigenvalue weighted by Crippen LogP contribution is 2.71. The van der Waals surface area contributed by atoms with Crippen molar-refractivity contribution in [2.45, 2.75) is 68.2 Å². The second-order valence-corrected chi connectivity index (χ2v) is 11.4. The maximum absolute atomic E-state index is 13.7. The van der Waals surface area contributed by atoms with Gasteiger partial charge in [0.25, 0.3) is 0 Å². The fourth-order valence-corrected chi connectivity index (χ4v) is 8.21. The summed E-state index contributed by atoms with van der Waals surface area (Å²) in [4.78, 5) is 42.0. The Balaban J connectivity index is 1.67. The van der Waals surface area contributed by atoms with E-state index in [-0.39, 0.29) is 29.1 Å². The second kappa shape index (κ2) is 8.71. The quantitative estimate of drug-likeness (QED) is 0.550. The first kappa shape index (κ1) is 23.1. The van der Waals surface area contributed by atoms with Crippen LogP contribution in [-0.4, -0.2) is 62.5 Å². The molecule has 3 heterocycles. The fourth-order valence-electron chi connectivity index (χ4n) is 5.87. The molecule has 4 rings (SSSR count). The van der Waals surface area contributed by atoms with Crippen LogP contribution in [0.15, 0.2) is 30.3 Å². The summed E-state index contributed by atoms with van der Waals surface area (Å²) in [5, 5.41) is 15.9. The van der Waals surface area contributed by atoms with Crippen molar-refractivity contribution in [1.82, 2.24) is 15.5 Å². The van der Waals surface area contributed by atoms with Crippen LogP contribution in [0.25, 0.3) is 0 Å². The van der Waals surface area contributed by atoms with Gasteiger partial charge in [-0.1, -0.05) is 37.3 Å². The van der Waals surface area contributed by atoms with E-state index in [1.165, 1.54) is 0 Å². The highest BCUT2D eigenvalue weighted by molar-refractivity contribution is 8.02. The van der Waals surface area contributed by atoms with Gasteiger partial charge in [0.15, 0.2) is 0 Å². The molecule has 8 heteroatoms. The third kappa shape index (κ3) is 3.52. The van der Waals surface area contributed by atoms with E-state index in [0.717, 1.165) is 18.4 Å². The van der Waals surface area contributed by atoms with Crippen LogP contribution in [0.1, 0.15) is 45.6 Å². The number of aliphatic hydroxyl groups excluding tert-OH is 1. The highest BCUT2D eigenvalue weighted by Gasteiger charge is 2.77. The van der Waals surface area contributed by atoms with Gasteiger partial charge in [0.05, 0.1) is 29.2 Å². The Hall–Kier alpha value is -2.06. The summed E-state index contributed by atoms with van der Waals surface area (Å²) in [5.41, 5.74) is 0.980. The number of carbonyl (C=O) groups is 3. The van der Waals surface area contributed by atoms with Crippen LogP contribution in [0.5, 0.6) is 0 Å². The number of aliphatic hydroxyl groups is 1. The Kier molecular flexibility index (Phi) is 6.29. The lowest BCUT2D eigenvalue weighted by atomic mass is 9.66. The monoisotopic (exact) mass is 459 g/mol. The summed E-state index contributed by atoms with van der Waals surface area (Å²) >= 11 is 1.65. The number of rotatable bonds is 8. The molecule has 174 valence electrons. The van der Waals surface area contributed by atoms with Crippen LogP contribution in [0.4, 0.5) is 0 Å². The molecule has 1 aromatic carbocycles. The first-order valence-electron chi connectivity index (χ1n) is 11.5. The molecular weight excluding hydrogens is 426 g/mol. The molecule has 3 fully saturated rings. The summed E-state index contributed by atoms with van der Waals surface area (Å²) in [6.45, 7) is 6.53. The van der Waals surface area contributed by atoms with Gasteiger partial charge < -0.3 is 20.6 Å². The van der Waals surface area contributed by atoms with Crippen molar-refractivity contribution >= 4 is 29.5 Å². The molecule has 3 saturated heterocycles. The third-order valence-electron chi connectivity index (χ3n) is 7.34. The van der Waals surface area contributed by atoms with Gasteiger partial charge in [-0.15, -0.1) is 11.8 Å². The normalized spacial score (nSPS) is 33.8. The van der Waals surface area contributed by atoms with Crippen LogP contribution in [0.2, 0.25) is 0 Å². The van der Waals surface area contributed by atoms with Gasteiger partial charge in [0, 0.05) is 17.8 Å². The number of nitrogens with one attached hydrogen (secondary N) is 2. The average molecular weight is 460 g/mol. The molecule has 0 radical (unpaired) electrons. The Labute approximate surface area is 193 Å². The number of thioether (sulfide) groups is 1. The standard InChI is InChI=1S/C24H33N3O4S/c1-4-12-25-20(29)17-18-22(31)27(15(2)14-28)19(24(18)11-10-23(17,3)32-24)21(30)26-13-16-8-6-5-7-9-16/h5-9,15,17-19,28H,4,10-14H2,1-3H3,(H,25,29)(H,26,30)/t15-,17-,18+,19?,23+,24?/m1/s1. The molecule has 32 heavy (non-hydrogen) atoms. The van der Waals surface area contributed by atoms with E-state index >= 15 is 0 Å². The zero-order chi connectivity index (χ0) is 23.1. The van der Waals surface area contributed by atoms with E-state index < -0.39 is 28.7 Å². The fraction of sp³-hybridized carbons (Fsp3) is 0.625. The summed E-state index contributed by atoms with van der Waals surface area (Å²) in [6, 6.07) is 8.45. The number of benzene rings is 1. The van der Waals surface area contributed by atoms with Crippen LogP contribution >= 0.6 is 11.8 Å². The van der Waals surface area contributed by atoms with Crippen LogP contribution in [0.3, 0.4) is 0 Å². The molecule has 1 spiro atoms. The number of hydrogen-bond acceptors (Lipinski definition) is 5. The molecule has 1 aromatic rings. The molecule has 3 aliphatic rings. The van der Waals surface area contributed by atoms with E-state index in [9.17, 15) is 19.5 Å². The van der Waals surface area contributed by atoms with Crippen molar-refractivity contribution in [2.75, 3.05) is 13.2 Å². The average Bonchev–Trinajstić information content (AvgIpc) is 3.36. The summed E-state index contributed by atoms with van der Waals surface area (Å²) < 4.78 is -1.02. The second-order valence-electron chi connectivity index (χ2n) is 9.50. The molecule has 3 amide bonds. The molecule has 2 bridgehead atoms. The van der Waals surface area contributed by atoms with E-state index in [0.29, 0.717) is 19.5 Å². The van der Waals surface area contributed by atoms with E-state index in [2.05, 4.69) is 17.6 Å². The smallest absolute Gasteiger partial charge is 0.244 e. The van der Waals surface area contributed by atoms with Gasteiger partial charge in [-0.25, -0.2) is 0 Å². The first-order valence-corrected chi connectivity index (χ1v) is 12.3. The van der Waals surface area contributed by atoms with E-state index in [1.807, 2.05) is 37.3 Å². The van der Waals surface area contributed by atoms with Gasteiger partial charge in [-0.3, -0.25) is 14.4 Å². The Bertz CT molecular complexity index is 896. The minimum atomic E-state index is -0.707. The third-order valence-corrected chi connectivity index (χ3v) is 9.33. The summed E-state index contributed by atoms with van der Waals surface area (Å²) in [5.74, 6) is -1.51. The van der Waals surface area contributed by atoms with Crippen molar-refractivity contribution in [2.24, 2.45) is 11.8 Å². The number of fused-ring (bicyclic) bond motifs is 1. The van der Waals surface area contributed by atoms with Gasteiger partial charge in [-0.2, -0.15) is 0 Å². The molecule has 0 saturated carbocycles. The molecule has 0 aromatic heterocycles. The van der Waals surface area contributed by atoms with Crippen molar-refractivity contribution in [3.8, 4) is 0 Å². The van der Waals surface area contributed by atoms with Crippen molar-refractivity contribution in [3.63, 3.8) is 0 Å². The number of carbonyl (C=O) groups excluding carboxylic acids is 3. The van der Waals surface area contributed by atoms with Gasteiger partial charge >= 0.3 is 0 Å². The largest absolute Gasteiger partial charge is 0.394 e. The van der Waals surface area contributed by atoms with Crippen LogP contribution in [0, 0.1) is 11.8 Å². The zero-order valence-electron chi connectivity index (χ0n) is 19.0. The van der Waals surface area contributed by atoms with Gasteiger partial charge in [0.1, 0.15) is 6.04 Å². The predicted molar refractivity (Wildman–Crippen MR) is 124 cm³/mol. The van der Waals surface area contributed by atoms with Crippen molar-refractivity contribution in [1.29, 1.82) is 0 Å². The SMILES string of the molecule is CCCNC(=O)[C@H]1[C@H]2C(=O)N([C@H](C)CO)C(C(=O)NCc3ccccc3)C23CC[C@]1(C)S3. The van der Waals surface area contributed by atoms with E-state index in [1.54, 1.807) is 23.6 Å². The molecule has 3 aliphatic heterocycles. The number of amides is 3. The summed E-state index contributed by atoms with van der Waals surface area (Å²) in [7, 11) is 0. The number of hydrogen-bond donors (Lipinski definition) is 3. The van der Waals surface area contributed by atoms with E-state index in [4.69, 9.17) is 0 Å². The minimum absolute atomic E-state index is 0.0938. The summed E-state index contributed by atoms with van der Waals surface area (Å²) in [6.07, 6.45) is 2.32. The molecule has 7 nitrogen and oxygen atoms in total. The lowest BCUT2D eigenvalue weighted by Crippen LogP contribution is -2.55. The van der Waals surface area contributed by atoms with Gasteiger partial charge in [-0.05, 0) is 38.7 Å². The molecular formula is C24H33N3O4S. The Morgan fingerprint density at radius 1 is 1.22 bits per heavy atom. The molecule has 2 unspecified atom stereocenters. The lowest BCUT2D eigenvalue weighted by Gasteiger charge is -2.36. The minimum Gasteiger partial charge on any atom is -0.394 e. The molecule has 0 aliphatic carbocycles. The first-order chi connectivity index (χ1) is 15.3. The lowest BCUT2D eigenvalue weighted by molar-refractivity contribution is -0.143. The molecule has 6 atom stereocenters. The highest BCUT2D eigenvalue weighted by atomic mass is 32.2. The topological polar surface area (TPSA) is 98.7 Å². The van der Waals surface area contributed by atoms with Crippen molar-refractivity contribution < 1.29 is 19.5 Å². The van der Waals surface area contributed by atoms with Crippen LogP contribution in [-0.2, 0) is 20.9 Å². The maximum atomic E-state index is 13.7. The maximum Gasteiger partial charge on any atom is 0.244 e. The van der Waals surface area contributed by atoms with Gasteiger partial charge in [0.2, 0.25) is 17.7 Å². The van der Waals surface area contributed by atoms with Crippen LogP contribution < -0.4 is 10.6 Å². The zero-order valence-corrected chi connectivity index (χ0v) is 19.8. The number of likely N-dealkylation sites (tertiary alicyclic amines) is 1.